The molecule has 1 rings (SSSR count). The van der Waals surface area contributed by atoms with Crippen LogP contribution in [0.3, 0.4) is 0 Å². The van der Waals surface area contributed by atoms with Crippen LogP contribution in [-0.2, 0) is 9.53 Å². The molecule has 0 bridgehead atoms. The molecular formula is C15H21NO4. The Bertz CT molecular complexity index is 433. The molecule has 0 aliphatic rings. The fourth-order valence-electron chi connectivity index (χ4n) is 1.75. The van der Waals surface area contributed by atoms with Crippen molar-refractivity contribution in [3.05, 3.63) is 35.9 Å². The van der Waals surface area contributed by atoms with Crippen LogP contribution in [0.5, 0.6) is 0 Å². The average molecular weight is 279 g/mol. The maximum atomic E-state index is 12.0. The zero-order chi connectivity index (χ0) is 15.0. The van der Waals surface area contributed by atoms with E-state index in [2.05, 4.69) is 0 Å². The molecular weight excluding hydrogens is 258 g/mol. The van der Waals surface area contributed by atoms with Gasteiger partial charge in [0, 0.05) is 7.05 Å². The molecule has 1 amide bonds. The molecule has 1 aromatic carbocycles. The Morgan fingerprint density at radius 2 is 1.95 bits per heavy atom. The SMILES string of the molecule is CCCC(CC(=O)N(C)CO)OC(=O)c1ccccc1. The Morgan fingerprint density at radius 1 is 1.30 bits per heavy atom. The fourth-order valence-corrected chi connectivity index (χ4v) is 1.75. The highest BCUT2D eigenvalue weighted by Gasteiger charge is 2.20. The molecule has 0 aliphatic carbocycles. The lowest BCUT2D eigenvalue weighted by Gasteiger charge is -2.20. The zero-order valence-electron chi connectivity index (χ0n) is 11.9. The van der Waals surface area contributed by atoms with E-state index in [9.17, 15) is 9.59 Å². The van der Waals surface area contributed by atoms with Crippen LogP contribution in [0.25, 0.3) is 0 Å². The van der Waals surface area contributed by atoms with E-state index >= 15 is 0 Å². The summed E-state index contributed by atoms with van der Waals surface area (Å²) in [4.78, 5) is 24.9. The third-order valence-electron chi connectivity index (χ3n) is 2.93. The van der Waals surface area contributed by atoms with Crippen LogP contribution in [0.15, 0.2) is 30.3 Å². The van der Waals surface area contributed by atoms with E-state index in [-0.39, 0.29) is 19.1 Å². The second-order valence-electron chi connectivity index (χ2n) is 4.62. The van der Waals surface area contributed by atoms with Crippen molar-refractivity contribution in [2.45, 2.75) is 32.3 Å². The number of esters is 1. The van der Waals surface area contributed by atoms with Gasteiger partial charge in [-0.25, -0.2) is 4.79 Å². The molecule has 1 unspecified atom stereocenters. The van der Waals surface area contributed by atoms with Gasteiger partial charge in [-0.2, -0.15) is 0 Å². The predicted octanol–water partition coefficient (Wildman–Crippen LogP) is 1.81. The van der Waals surface area contributed by atoms with Gasteiger partial charge in [-0.15, -0.1) is 0 Å². The molecule has 0 aromatic heterocycles. The molecule has 1 N–H and O–H groups in total. The van der Waals surface area contributed by atoms with Crippen LogP contribution in [0.4, 0.5) is 0 Å². The summed E-state index contributed by atoms with van der Waals surface area (Å²) in [7, 11) is 1.50. The summed E-state index contributed by atoms with van der Waals surface area (Å²) in [6.45, 7) is 1.62. The van der Waals surface area contributed by atoms with Gasteiger partial charge in [-0.3, -0.25) is 4.79 Å². The van der Waals surface area contributed by atoms with E-state index in [0.29, 0.717) is 12.0 Å². The van der Waals surface area contributed by atoms with Gasteiger partial charge in [0.2, 0.25) is 5.91 Å². The number of aliphatic hydroxyl groups excluding tert-OH is 1. The third kappa shape index (κ3) is 5.01. The van der Waals surface area contributed by atoms with Crippen molar-refractivity contribution in [2.24, 2.45) is 0 Å². The van der Waals surface area contributed by atoms with Crippen LogP contribution < -0.4 is 0 Å². The first-order valence-electron chi connectivity index (χ1n) is 6.69. The lowest BCUT2D eigenvalue weighted by atomic mass is 10.1. The largest absolute Gasteiger partial charge is 0.458 e. The van der Waals surface area contributed by atoms with Crippen molar-refractivity contribution >= 4 is 11.9 Å². The molecule has 0 spiro atoms. The summed E-state index contributed by atoms with van der Waals surface area (Å²) < 4.78 is 5.37. The van der Waals surface area contributed by atoms with Crippen LogP contribution in [0, 0.1) is 0 Å². The van der Waals surface area contributed by atoms with Crippen molar-refractivity contribution in [3.8, 4) is 0 Å². The number of carbonyl (C=O) groups is 2. The number of ether oxygens (including phenoxy) is 1. The maximum Gasteiger partial charge on any atom is 0.338 e. The van der Waals surface area contributed by atoms with Crippen molar-refractivity contribution in [3.63, 3.8) is 0 Å². The molecule has 0 saturated carbocycles. The molecule has 1 atom stereocenters. The number of hydrogen-bond donors (Lipinski definition) is 1. The Kier molecular flexibility index (Phi) is 6.73. The number of rotatable bonds is 7. The summed E-state index contributed by atoms with van der Waals surface area (Å²) >= 11 is 0. The first kappa shape index (κ1) is 16.2. The zero-order valence-corrected chi connectivity index (χ0v) is 11.9. The summed E-state index contributed by atoms with van der Waals surface area (Å²) in [6, 6.07) is 8.69. The number of benzene rings is 1. The van der Waals surface area contributed by atoms with Crippen molar-refractivity contribution in [1.29, 1.82) is 0 Å². The Hall–Kier alpha value is -1.88. The topological polar surface area (TPSA) is 66.8 Å². The van der Waals surface area contributed by atoms with Crippen LogP contribution in [0.1, 0.15) is 36.5 Å². The Morgan fingerprint density at radius 3 is 2.50 bits per heavy atom. The number of amides is 1. The van der Waals surface area contributed by atoms with Gasteiger partial charge in [-0.1, -0.05) is 31.5 Å². The molecule has 0 fully saturated rings. The highest BCUT2D eigenvalue weighted by atomic mass is 16.5. The predicted molar refractivity (Wildman–Crippen MR) is 75.0 cm³/mol. The van der Waals surface area contributed by atoms with Crippen molar-refractivity contribution in [2.75, 3.05) is 13.8 Å². The van der Waals surface area contributed by atoms with Gasteiger partial charge in [0.05, 0.1) is 12.0 Å². The average Bonchev–Trinajstić information content (AvgIpc) is 2.47. The van der Waals surface area contributed by atoms with E-state index in [1.165, 1.54) is 11.9 Å². The maximum absolute atomic E-state index is 12.0. The van der Waals surface area contributed by atoms with Gasteiger partial charge in [0.1, 0.15) is 12.8 Å². The Balaban J connectivity index is 2.63. The van der Waals surface area contributed by atoms with E-state index in [4.69, 9.17) is 9.84 Å². The van der Waals surface area contributed by atoms with E-state index in [1.807, 2.05) is 13.0 Å². The molecule has 0 heterocycles. The minimum absolute atomic E-state index is 0.0868. The third-order valence-corrected chi connectivity index (χ3v) is 2.93. The normalized spacial score (nSPS) is 11.8. The second kappa shape index (κ2) is 8.32. The van der Waals surface area contributed by atoms with Crippen molar-refractivity contribution < 1.29 is 19.4 Å². The number of nitrogens with zero attached hydrogens (tertiary/aromatic N) is 1. The van der Waals surface area contributed by atoms with Crippen LogP contribution in [0.2, 0.25) is 0 Å². The van der Waals surface area contributed by atoms with E-state index in [0.717, 1.165) is 6.42 Å². The number of carbonyl (C=O) groups excluding carboxylic acids is 2. The van der Waals surface area contributed by atoms with Crippen molar-refractivity contribution in [1.82, 2.24) is 4.90 Å². The van der Waals surface area contributed by atoms with Gasteiger partial charge in [-0.05, 0) is 18.6 Å². The van der Waals surface area contributed by atoms with Gasteiger partial charge >= 0.3 is 5.97 Å². The molecule has 110 valence electrons. The summed E-state index contributed by atoms with van der Waals surface area (Å²) in [5.41, 5.74) is 0.469. The first-order valence-corrected chi connectivity index (χ1v) is 6.69. The smallest absolute Gasteiger partial charge is 0.338 e. The minimum Gasteiger partial charge on any atom is -0.458 e. The monoisotopic (exact) mass is 279 g/mol. The van der Waals surface area contributed by atoms with Gasteiger partial charge in [0.15, 0.2) is 0 Å². The summed E-state index contributed by atoms with van der Waals surface area (Å²) in [5, 5.41) is 8.91. The number of aliphatic hydroxyl groups is 1. The molecule has 0 aliphatic heterocycles. The van der Waals surface area contributed by atoms with E-state index < -0.39 is 12.1 Å². The first-order chi connectivity index (χ1) is 9.58. The molecule has 20 heavy (non-hydrogen) atoms. The molecule has 0 saturated heterocycles. The highest BCUT2D eigenvalue weighted by Crippen LogP contribution is 2.12. The molecule has 5 nitrogen and oxygen atoms in total. The van der Waals surface area contributed by atoms with Gasteiger partial charge in [0.25, 0.3) is 0 Å². The Labute approximate surface area is 119 Å². The van der Waals surface area contributed by atoms with Crippen LogP contribution >= 0.6 is 0 Å². The lowest BCUT2D eigenvalue weighted by Crippen LogP contribution is -2.32. The molecule has 0 radical (unpaired) electrons. The summed E-state index contributed by atoms with van der Waals surface area (Å²) in [6.07, 6.45) is 1.05. The fraction of sp³-hybridized carbons (Fsp3) is 0.467. The minimum atomic E-state index is -0.464. The summed E-state index contributed by atoms with van der Waals surface area (Å²) in [5.74, 6) is -0.671. The second-order valence-corrected chi connectivity index (χ2v) is 4.62. The van der Waals surface area contributed by atoms with E-state index in [1.54, 1.807) is 24.3 Å². The quantitative estimate of drug-likeness (QED) is 0.610. The van der Waals surface area contributed by atoms with Gasteiger partial charge < -0.3 is 14.7 Å². The standard InChI is InChI=1S/C15H21NO4/c1-3-7-13(10-14(18)16(2)11-17)20-15(19)12-8-5-4-6-9-12/h4-6,8-9,13,17H,3,7,10-11H2,1-2H3. The number of hydrogen-bond acceptors (Lipinski definition) is 4. The highest BCUT2D eigenvalue weighted by molar-refractivity contribution is 5.89. The lowest BCUT2D eigenvalue weighted by molar-refractivity contribution is -0.135. The molecule has 5 heteroatoms. The van der Waals surface area contributed by atoms with Crippen LogP contribution in [-0.4, -0.2) is 41.8 Å². The molecule has 1 aromatic rings.